The van der Waals surface area contributed by atoms with Crippen molar-refractivity contribution in [3.8, 4) is 5.75 Å². The number of nitrogens with two attached hydrogens (primary N) is 1. The van der Waals surface area contributed by atoms with Crippen molar-refractivity contribution in [2.45, 2.75) is 44.6 Å². The van der Waals surface area contributed by atoms with Crippen LogP contribution in [0.4, 0.5) is 0 Å². The number of carbonyl (C=O) groups is 1. The monoisotopic (exact) mass is 290 g/mol. The van der Waals surface area contributed by atoms with E-state index in [1.807, 2.05) is 24.0 Å². The van der Waals surface area contributed by atoms with Crippen LogP contribution in [0, 0.1) is 0 Å². The van der Waals surface area contributed by atoms with Crippen molar-refractivity contribution in [2.24, 2.45) is 5.73 Å². The van der Waals surface area contributed by atoms with Crippen LogP contribution in [0.15, 0.2) is 24.3 Å². The van der Waals surface area contributed by atoms with Crippen LogP contribution in [0.1, 0.15) is 44.6 Å². The lowest BCUT2D eigenvalue weighted by Crippen LogP contribution is -2.52. The maximum Gasteiger partial charge on any atom is 0.242 e. The lowest BCUT2D eigenvalue weighted by Gasteiger charge is -2.29. The molecule has 2 N–H and O–H groups in total. The molecule has 1 aromatic carbocycles. The van der Waals surface area contributed by atoms with Crippen LogP contribution < -0.4 is 10.5 Å². The second kappa shape index (κ2) is 6.48. The Morgan fingerprint density at radius 2 is 2.10 bits per heavy atom. The smallest absolute Gasteiger partial charge is 0.242 e. The number of hydrogen-bond acceptors (Lipinski definition) is 3. The molecule has 0 aromatic heterocycles. The largest absolute Gasteiger partial charge is 0.497 e. The molecular weight excluding hydrogens is 264 g/mol. The Balaban J connectivity index is 2.01. The van der Waals surface area contributed by atoms with Gasteiger partial charge in [-0.15, -0.1) is 0 Å². The highest BCUT2D eigenvalue weighted by atomic mass is 16.5. The molecule has 4 heteroatoms. The molecular formula is C17H26N2O2. The summed E-state index contributed by atoms with van der Waals surface area (Å²) in [5.41, 5.74) is 6.70. The number of amides is 1. The van der Waals surface area contributed by atoms with Crippen molar-refractivity contribution in [1.29, 1.82) is 0 Å². The number of methoxy groups -OCH3 is 1. The van der Waals surface area contributed by atoms with E-state index in [1.54, 1.807) is 7.11 Å². The highest BCUT2D eigenvalue weighted by molar-refractivity contribution is 5.86. The van der Waals surface area contributed by atoms with Gasteiger partial charge in [0.15, 0.2) is 0 Å². The summed E-state index contributed by atoms with van der Waals surface area (Å²) in [6.45, 7) is 5.47. The molecule has 2 atom stereocenters. The summed E-state index contributed by atoms with van der Waals surface area (Å²) in [6, 6.07) is 8.13. The second-order valence-electron chi connectivity index (χ2n) is 6.18. The highest BCUT2D eigenvalue weighted by Gasteiger charge is 2.36. The first-order valence-electron chi connectivity index (χ1n) is 7.70. The third-order valence-electron chi connectivity index (χ3n) is 4.32. The van der Waals surface area contributed by atoms with Crippen LogP contribution in [0.25, 0.3) is 0 Å². The minimum atomic E-state index is -0.733. The van der Waals surface area contributed by atoms with Crippen molar-refractivity contribution < 1.29 is 9.53 Å². The number of rotatable bonds is 5. The van der Waals surface area contributed by atoms with Gasteiger partial charge in [0.2, 0.25) is 5.91 Å². The molecule has 4 nitrogen and oxygen atoms in total. The maximum absolute atomic E-state index is 12.5. The second-order valence-corrected chi connectivity index (χ2v) is 6.18. The van der Waals surface area contributed by atoms with Gasteiger partial charge >= 0.3 is 0 Å². The van der Waals surface area contributed by atoms with Crippen molar-refractivity contribution in [3.63, 3.8) is 0 Å². The summed E-state index contributed by atoms with van der Waals surface area (Å²) in [5, 5.41) is 0. The molecule has 1 fully saturated rings. The summed E-state index contributed by atoms with van der Waals surface area (Å²) in [4.78, 5) is 14.4. The van der Waals surface area contributed by atoms with Crippen LogP contribution >= 0.6 is 0 Å². The predicted molar refractivity (Wildman–Crippen MR) is 84.4 cm³/mol. The molecule has 1 saturated heterocycles. The van der Waals surface area contributed by atoms with Gasteiger partial charge in [0.1, 0.15) is 5.75 Å². The Morgan fingerprint density at radius 1 is 1.43 bits per heavy atom. The van der Waals surface area contributed by atoms with E-state index in [0.29, 0.717) is 5.92 Å². The van der Waals surface area contributed by atoms with E-state index < -0.39 is 5.54 Å². The van der Waals surface area contributed by atoms with Crippen molar-refractivity contribution in [3.05, 3.63) is 29.8 Å². The van der Waals surface area contributed by atoms with Crippen LogP contribution in [-0.4, -0.2) is 36.5 Å². The molecule has 0 aliphatic carbocycles. The molecule has 2 rings (SSSR count). The molecule has 1 amide bonds. The number of nitrogens with zero attached hydrogens (tertiary/aromatic N) is 1. The third-order valence-corrected chi connectivity index (χ3v) is 4.32. The number of ether oxygens (including phenoxy) is 1. The van der Waals surface area contributed by atoms with Crippen LogP contribution in [0.2, 0.25) is 0 Å². The molecule has 21 heavy (non-hydrogen) atoms. The molecule has 116 valence electrons. The van der Waals surface area contributed by atoms with Gasteiger partial charge < -0.3 is 15.4 Å². The lowest BCUT2D eigenvalue weighted by molar-refractivity contribution is -0.135. The first kappa shape index (κ1) is 15.8. The maximum atomic E-state index is 12.5. The third kappa shape index (κ3) is 3.56. The molecule has 1 heterocycles. The number of carbonyl (C=O) groups excluding carboxylic acids is 1. The minimum absolute atomic E-state index is 0.0837. The highest BCUT2D eigenvalue weighted by Crippen LogP contribution is 2.30. The first-order chi connectivity index (χ1) is 9.97. The Hall–Kier alpha value is -1.55. The zero-order valence-electron chi connectivity index (χ0n) is 13.3. The van der Waals surface area contributed by atoms with Gasteiger partial charge in [0, 0.05) is 19.0 Å². The zero-order chi connectivity index (χ0) is 15.5. The quantitative estimate of drug-likeness (QED) is 0.906. The SMILES string of the molecule is CCCC(C)(N)C(=O)N1CCC(c2ccc(OC)cc2)C1. The van der Waals surface area contributed by atoms with E-state index in [1.165, 1.54) is 5.56 Å². The van der Waals surface area contributed by atoms with Gasteiger partial charge in [0.25, 0.3) is 0 Å². The molecule has 1 aromatic rings. The number of likely N-dealkylation sites (tertiary alicyclic amines) is 1. The molecule has 0 radical (unpaired) electrons. The minimum Gasteiger partial charge on any atom is -0.497 e. The molecule has 2 unspecified atom stereocenters. The standard InChI is InChI=1S/C17H26N2O2/c1-4-10-17(2,18)16(20)19-11-9-14(12-19)13-5-7-15(21-3)8-6-13/h5-8,14H,4,9-12,18H2,1-3H3. The van der Waals surface area contributed by atoms with E-state index in [4.69, 9.17) is 10.5 Å². The Labute approximate surface area is 127 Å². The van der Waals surface area contributed by atoms with E-state index in [2.05, 4.69) is 19.1 Å². The fourth-order valence-corrected chi connectivity index (χ4v) is 3.08. The predicted octanol–water partition coefficient (Wildman–Crippen LogP) is 2.53. The Kier molecular flexibility index (Phi) is 4.88. The van der Waals surface area contributed by atoms with Crippen molar-refractivity contribution >= 4 is 5.91 Å². The summed E-state index contributed by atoms with van der Waals surface area (Å²) in [7, 11) is 1.67. The summed E-state index contributed by atoms with van der Waals surface area (Å²) in [6.07, 6.45) is 2.66. The summed E-state index contributed by atoms with van der Waals surface area (Å²) < 4.78 is 5.18. The van der Waals surface area contributed by atoms with Crippen LogP contribution in [-0.2, 0) is 4.79 Å². The Morgan fingerprint density at radius 3 is 2.67 bits per heavy atom. The average Bonchev–Trinajstić information content (AvgIpc) is 2.96. The van der Waals surface area contributed by atoms with Gasteiger partial charge in [-0.05, 0) is 37.5 Å². The van der Waals surface area contributed by atoms with Gasteiger partial charge in [-0.2, -0.15) is 0 Å². The normalized spacial score (nSPS) is 21.1. The van der Waals surface area contributed by atoms with E-state index in [9.17, 15) is 4.79 Å². The molecule has 0 bridgehead atoms. The zero-order valence-corrected chi connectivity index (χ0v) is 13.3. The molecule has 1 aliphatic heterocycles. The van der Waals surface area contributed by atoms with Gasteiger partial charge in [-0.3, -0.25) is 4.79 Å². The molecule has 1 aliphatic rings. The summed E-state index contributed by atoms with van der Waals surface area (Å²) in [5.74, 6) is 1.35. The van der Waals surface area contributed by atoms with Gasteiger partial charge in [0.05, 0.1) is 12.6 Å². The number of hydrogen-bond donors (Lipinski definition) is 1. The fraction of sp³-hybridized carbons (Fsp3) is 0.588. The van der Waals surface area contributed by atoms with Crippen molar-refractivity contribution in [2.75, 3.05) is 20.2 Å². The average molecular weight is 290 g/mol. The van der Waals surface area contributed by atoms with E-state index >= 15 is 0 Å². The fourth-order valence-electron chi connectivity index (χ4n) is 3.08. The number of benzene rings is 1. The molecule has 0 saturated carbocycles. The first-order valence-corrected chi connectivity index (χ1v) is 7.70. The Bertz CT molecular complexity index is 482. The van der Waals surface area contributed by atoms with E-state index in [-0.39, 0.29) is 5.91 Å². The van der Waals surface area contributed by atoms with Gasteiger partial charge in [-0.1, -0.05) is 25.5 Å². The van der Waals surface area contributed by atoms with Crippen LogP contribution in [0.3, 0.4) is 0 Å². The lowest BCUT2D eigenvalue weighted by atomic mass is 9.95. The van der Waals surface area contributed by atoms with E-state index in [0.717, 1.165) is 38.1 Å². The van der Waals surface area contributed by atoms with Crippen molar-refractivity contribution in [1.82, 2.24) is 4.90 Å². The topological polar surface area (TPSA) is 55.6 Å². The molecule has 0 spiro atoms. The van der Waals surface area contributed by atoms with Crippen LogP contribution in [0.5, 0.6) is 5.75 Å². The summed E-state index contributed by atoms with van der Waals surface area (Å²) >= 11 is 0. The van der Waals surface area contributed by atoms with Gasteiger partial charge in [-0.25, -0.2) is 0 Å².